The lowest BCUT2D eigenvalue weighted by Crippen LogP contribution is -2.12. The molecule has 2 rings (SSSR count). The van der Waals surface area contributed by atoms with Crippen molar-refractivity contribution in [3.05, 3.63) is 33.5 Å². The van der Waals surface area contributed by atoms with Gasteiger partial charge in [-0.1, -0.05) is 15.9 Å². The minimum absolute atomic E-state index is 0.218. The van der Waals surface area contributed by atoms with Gasteiger partial charge in [-0.15, -0.1) is 0 Å². The van der Waals surface area contributed by atoms with Gasteiger partial charge in [-0.25, -0.2) is 4.39 Å². The number of thioether (sulfide) groups is 1. The van der Waals surface area contributed by atoms with Crippen molar-refractivity contribution in [3.8, 4) is 0 Å². The maximum absolute atomic E-state index is 13.3. The Bertz CT molecular complexity index is 343. The average Bonchev–Trinajstić information content (AvgIpc) is 2.12. The predicted molar refractivity (Wildman–Crippen MR) is 55.2 cm³/mol. The van der Waals surface area contributed by atoms with Crippen LogP contribution in [0.15, 0.2) is 16.6 Å². The molecular weight excluding hydrogens is 255 g/mol. The second-order valence-electron chi connectivity index (χ2n) is 2.95. The number of benzene rings is 1. The van der Waals surface area contributed by atoms with E-state index in [-0.39, 0.29) is 5.82 Å². The van der Waals surface area contributed by atoms with Crippen LogP contribution in [0.2, 0.25) is 0 Å². The van der Waals surface area contributed by atoms with Crippen LogP contribution in [0.5, 0.6) is 0 Å². The lowest BCUT2D eigenvalue weighted by atomic mass is 10.0. The first-order valence-electron chi connectivity index (χ1n) is 3.92. The van der Waals surface area contributed by atoms with Gasteiger partial charge >= 0.3 is 0 Å². The monoisotopic (exact) mass is 262 g/mol. The summed E-state index contributed by atoms with van der Waals surface area (Å²) in [6.07, 6.45) is -0.543. The summed E-state index contributed by atoms with van der Waals surface area (Å²) in [4.78, 5) is 0. The summed E-state index contributed by atoms with van der Waals surface area (Å²) in [7, 11) is 0. The highest BCUT2D eigenvalue weighted by atomic mass is 79.9. The molecular formula is C9H8BrFOS. The smallest absolute Gasteiger partial charge is 0.127 e. The molecule has 13 heavy (non-hydrogen) atoms. The molecule has 0 aromatic heterocycles. The first-order chi connectivity index (χ1) is 6.20. The molecule has 0 spiro atoms. The van der Waals surface area contributed by atoms with Crippen LogP contribution in [0.25, 0.3) is 0 Å². The van der Waals surface area contributed by atoms with Crippen LogP contribution in [0.3, 0.4) is 0 Å². The fourth-order valence-electron chi connectivity index (χ4n) is 1.47. The molecule has 0 radical (unpaired) electrons. The van der Waals surface area contributed by atoms with Crippen LogP contribution >= 0.6 is 27.7 Å². The van der Waals surface area contributed by atoms with E-state index in [2.05, 4.69) is 15.9 Å². The molecule has 0 unspecified atom stereocenters. The van der Waals surface area contributed by atoms with Crippen LogP contribution in [-0.4, -0.2) is 10.9 Å². The number of hydrogen-bond donors (Lipinski definition) is 1. The lowest BCUT2D eigenvalue weighted by Gasteiger charge is -2.22. The van der Waals surface area contributed by atoms with Crippen molar-refractivity contribution in [2.24, 2.45) is 0 Å². The minimum Gasteiger partial charge on any atom is -0.387 e. The van der Waals surface area contributed by atoms with Crippen molar-refractivity contribution < 1.29 is 9.50 Å². The molecule has 1 heterocycles. The minimum atomic E-state index is -0.543. The van der Waals surface area contributed by atoms with E-state index in [9.17, 15) is 9.50 Å². The van der Waals surface area contributed by atoms with Gasteiger partial charge in [-0.3, -0.25) is 0 Å². The molecule has 0 saturated carbocycles. The Balaban J connectivity index is 2.60. The summed E-state index contributed by atoms with van der Waals surface area (Å²) in [5.74, 6) is 1.08. The summed E-state index contributed by atoms with van der Waals surface area (Å²) in [5.41, 5.74) is 1.36. The van der Waals surface area contributed by atoms with Gasteiger partial charge in [0.1, 0.15) is 5.82 Å². The number of hydrogen-bond acceptors (Lipinski definition) is 2. The van der Waals surface area contributed by atoms with Gasteiger partial charge in [0, 0.05) is 27.1 Å². The summed E-state index contributed by atoms with van der Waals surface area (Å²) < 4.78 is 14.1. The van der Waals surface area contributed by atoms with E-state index >= 15 is 0 Å². The third kappa shape index (κ3) is 1.63. The largest absolute Gasteiger partial charge is 0.387 e. The van der Waals surface area contributed by atoms with Crippen molar-refractivity contribution in [2.45, 2.75) is 11.9 Å². The van der Waals surface area contributed by atoms with Crippen molar-refractivity contribution in [3.63, 3.8) is 0 Å². The molecule has 0 saturated heterocycles. The Labute approximate surface area is 88.5 Å². The first kappa shape index (κ1) is 9.49. The van der Waals surface area contributed by atoms with E-state index < -0.39 is 6.10 Å². The Hall–Kier alpha value is -0.0600. The Kier molecular flexibility index (Phi) is 2.62. The normalized spacial score (nSPS) is 21.3. The molecule has 1 aromatic carbocycles. The number of aliphatic hydroxyl groups excluding tert-OH is 1. The predicted octanol–water partition coefficient (Wildman–Crippen LogP) is 2.87. The SMILES string of the molecule is O[C@H]1CSCc2c(F)ccc(Br)c21. The maximum Gasteiger partial charge on any atom is 0.127 e. The fourth-order valence-corrected chi connectivity index (χ4v) is 3.11. The van der Waals surface area contributed by atoms with Crippen LogP contribution in [0.4, 0.5) is 4.39 Å². The zero-order valence-corrected chi connectivity index (χ0v) is 9.16. The molecule has 4 heteroatoms. The number of fused-ring (bicyclic) bond motifs is 1. The third-order valence-electron chi connectivity index (χ3n) is 2.10. The van der Waals surface area contributed by atoms with E-state index in [4.69, 9.17) is 0 Å². The summed E-state index contributed by atoms with van der Waals surface area (Å²) in [6.45, 7) is 0. The fraction of sp³-hybridized carbons (Fsp3) is 0.333. The molecule has 70 valence electrons. The lowest BCUT2D eigenvalue weighted by molar-refractivity contribution is 0.200. The molecule has 1 aliphatic heterocycles. The molecule has 1 aromatic rings. The number of rotatable bonds is 0. The van der Waals surface area contributed by atoms with E-state index in [1.165, 1.54) is 6.07 Å². The molecule has 0 bridgehead atoms. The summed E-state index contributed by atoms with van der Waals surface area (Å²) in [6, 6.07) is 3.08. The molecule has 1 nitrogen and oxygen atoms in total. The molecule has 0 aliphatic carbocycles. The molecule has 1 atom stereocenters. The topological polar surface area (TPSA) is 20.2 Å². The van der Waals surface area contributed by atoms with Crippen molar-refractivity contribution in [1.82, 2.24) is 0 Å². The average molecular weight is 263 g/mol. The highest BCUT2D eigenvalue weighted by molar-refractivity contribution is 9.10. The molecule has 0 fully saturated rings. The maximum atomic E-state index is 13.3. The Morgan fingerprint density at radius 1 is 1.54 bits per heavy atom. The molecule has 1 N–H and O–H groups in total. The van der Waals surface area contributed by atoms with E-state index in [0.717, 1.165) is 10.0 Å². The third-order valence-corrected chi connectivity index (χ3v) is 3.84. The van der Waals surface area contributed by atoms with E-state index in [0.29, 0.717) is 17.1 Å². The van der Waals surface area contributed by atoms with Crippen molar-refractivity contribution in [1.29, 1.82) is 0 Å². The second-order valence-corrected chi connectivity index (χ2v) is 4.84. The first-order valence-corrected chi connectivity index (χ1v) is 5.87. The van der Waals surface area contributed by atoms with Crippen LogP contribution in [-0.2, 0) is 5.75 Å². The van der Waals surface area contributed by atoms with Gasteiger partial charge in [-0.2, -0.15) is 11.8 Å². The van der Waals surface area contributed by atoms with Crippen LogP contribution in [0, 0.1) is 5.82 Å². The molecule has 1 aliphatic rings. The van der Waals surface area contributed by atoms with Gasteiger partial charge in [0.15, 0.2) is 0 Å². The Morgan fingerprint density at radius 3 is 3.00 bits per heavy atom. The van der Waals surface area contributed by atoms with Crippen LogP contribution < -0.4 is 0 Å². The number of halogens is 2. The van der Waals surface area contributed by atoms with Gasteiger partial charge in [0.2, 0.25) is 0 Å². The van der Waals surface area contributed by atoms with E-state index in [1.807, 2.05) is 0 Å². The van der Waals surface area contributed by atoms with Crippen LogP contribution in [0.1, 0.15) is 17.2 Å². The van der Waals surface area contributed by atoms with Crippen molar-refractivity contribution >= 4 is 27.7 Å². The highest BCUT2D eigenvalue weighted by Gasteiger charge is 2.23. The Morgan fingerprint density at radius 2 is 2.31 bits per heavy atom. The van der Waals surface area contributed by atoms with Gasteiger partial charge < -0.3 is 5.11 Å². The standard InChI is InChI=1S/C9H8BrFOS/c10-6-1-2-7(11)5-3-13-4-8(12)9(5)6/h1-2,8,12H,3-4H2/t8-/m0/s1. The van der Waals surface area contributed by atoms with Gasteiger partial charge in [-0.05, 0) is 12.1 Å². The second kappa shape index (κ2) is 3.59. The quantitative estimate of drug-likeness (QED) is 0.776. The zero-order chi connectivity index (χ0) is 9.42. The molecule has 0 amide bonds. The summed E-state index contributed by atoms with van der Waals surface area (Å²) >= 11 is 4.88. The number of aliphatic hydroxyl groups is 1. The van der Waals surface area contributed by atoms with Crippen molar-refractivity contribution in [2.75, 3.05) is 5.75 Å². The van der Waals surface area contributed by atoms with Gasteiger partial charge in [0.25, 0.3) is 0 Å². The highest BCUT2D eigenvalue weighted by Crippen LogP contribution is 2.37. The van der Waals surface area contributed by atoms with E-state index in [1.54, 1.807) is 17.8 Å². The zero-order valence-electron chi connectivity index (χ0n) is 6.76. The van der Waals surface area contributed by atoms with Gasteiger partial charge in [0.05, 0.1) is 6.10 Å². The summed E-state index contributed by atoms with van der Waals surface area (Å²) in [5, 5.41) is 9.65.